The summed E-state index contributed by atoms with van der Waals surface area (Å²) < 4.78 is 1.12. The minimum absolute atomic E-state index is 0.645. The Morgan fingerprint density at radius 1 is 1.12 bits per heavy atom. The highest BCUT2D eigenvalue weighted by Crippen LogP contribution is 2.31. The van der Waals surface area contributed by atoms with Gasteiger partial charge in [-0.25, -0.2) is 4.99 Å². The van der Waals surface area contributed by atoms with Crippen molar-refractivity contribution in [2.75, 3.05) is 38.5 Å². The monoisotopic (exact) mass is 369 g/mol. The van der Waals surface area contributed by atoms with Gasteiger partial charge in [-0.1, -0.05) is 23.7 Å². The molecule has 1 saturated heterocycles. The third-order valence-corrected chi connectivity index (χ3v) is 6.17. The Balaban J connectivity index is 1.77. The number of hydrogen-bond acceptors (Lipinski definition) is 3. The van der Waals surface area contributed by atoms with Gasteiger partial charge in [-0.2, -0.15) is 0 Å². The van der Waals surface area contributed by atoms with Gasteiger partial charge < -0.3 is 14.7 Å². The maximum Gasteiger partial charge on any atom is 0.116 e. The first-order valence-corrected chi connectivity index (χ1v) is 9.68. The molecule has 1 fully saturated rings. The lowest BCUT2D eigenvalue weighted by molar-refractivity contribution is -0.933. The van der Waals surface area contributed by atoms with Crippen LogP contribution in [0.2, 0.25) is 5.02 Å². The molecule has 2 aliphatic heterocycles. The lowest BCUT2D eigenvalue weighted by atomic mass is 10.1. The van der Waals surface area contributed by atoms with Gasteiger partial charge in [0.1, 0.15) is 5.82 Å². The van der Waals surface area contributed by atoms with Crippen molar-refractivity contribution in [1.29, 1.82) is 0 Å². The maximum atomic E-state index is 6.24. The molecule has 2 aliphatic rings. The number of likely N-dealkylation sites (N-methyl/N-ethyl adjacent to an activating group) is 1. The first-order valence-electron chi connectivity index (χ1n) is 9.30. The Hall–Kier alpha value is -2.04. The molecule has 136 valence electrons. The summed E-state index contributed by atoms with van der Waals surface area (Å²) in [4.78, 5) is 7.34. The largest absolute Gasteiger partial charge is 0.346 e. The van der Waals surface area contributed by atoms with E-state index in [1.165, 1.54) is 0 Å². The summed E-state index contributed by atoms with van der Waals surface area (Å²) >= 11 is 6.24. The van der Waals surface area contributed by atoms with Crippen molar-refractivity contribution >= 4 is 28.8 Å². The van der Waals surface area contributed by atoms with E-state index in [1.54, 1.807) is 0 Å². The van der Waals surface area contributed by atoms with E-state index in [-0.39, 0.29) is 0 Å². The number of rotatable bonds is 2. The van der Waals surface area contributed by atoms with Gasteiger partial charge in [0.25, 0.3) is 0 Å². The van der Waals surface area contributed by atoms with Gasteiger partial charge >= 0.3 is 0 Å². The van der Waals surface area contributed by atoms with Gasteiger partial charge in [-0.3, -0.25) is 0 Å². The molecule has 2 aromatic carbocycles. The summed E-state index contributed by atoms with van der Waals surface area (Å²) in [6.07, 6.45) is 0. The summed E-state index contributed by atoms with van der Waals surface area (Å²) in [6, 6.07) is 14.8. The third kappa shape index (κ3) is 3.08. The number of para-hydroxylation sites is 1. The number of benzene rings is 2. The van der Waals surface area contributed by atoms with Crippen LogP contribution in [0, 0.1) is 0 Å². The Bertz CT molecular complexity index is 943. The molecule has 0 aromatic heterocycles. The van der Waals surface area contributed by atoms with Gasteiger partial charge in [0.2, 0.25) is 0 Å². The third-order valence-electron chi connectivity index (χ3n) is 5.94. The molecule has 2 heterocycles. The number of hydrogen-bond donors (Lipinski definition) is 1. The second-order valence-electron chi connectivity index (χ2n) is 7.77. The van der Waals surface area contributed by atoms with E-state index in [2.05, 4.69) is 49.3 Å². The molecule has 2 aromatic rings. The van der Waals surface area contributed by atoms with Gasteiger partial charge in [0, 0.05) is 10.2 Å². The average molecular weight is 370 g/mol. The van der Waals surface area contributed by atoms with Crippen LogP contribution in [0.15, 0.2) is 47.5 Å². The fourth-order valence-electron chi connectivity index (χ4n) is 3.71. The number of quaternary nitrogens is 1. The number of halogens is 1. The molecule has 0 aliphatic carbocycles. The topological polar surface area (TPSA) is 27.6 Å². The first-order chi connectivity index (χ1) is 12.5. The summed E-state index contributed by atoms with van der Waals surface area (Å²) in [6.45, 7) is 8.98. The number of fused-ring (bicyclic) bond motifs is 2. The molecule has 1 N–H and O–H groups in total. The van der Waals surface area contributed by atoms with E-state index < -0.39 is 0 Å². The number of nitrogens with zero attached hydrogens (tertiary/aromatic N) is 3. The number of piperazine rings is 1. The molecule has 0 amide bonds. The van der Waals surface area contributed by atoms with Crippen LogP contribution in [-0.4, -0.2) is 48.7 Å². The molecule has 4 rings (SSSR count). The van der Waals surface area contributed by atoms with E-state index in [1.807, 2.05) is 24.3 Å². The second kappa shape index (κ2) is 6.60. The molecule has 0 unspecified atom stereocenters. The number of nitrogens with one attached hydrogen (secondary N) is 1. The van der Waals surface area contributed by atoms with Gasteiger partial charge in [0.15, 0.2) is 0 Å². The highest BCUT2D eigenvalue weighted by molar-refractivity contribution is 6.31. The van der Waals surface area contributed by atoms with Crippen molar-refractivity contribution in [1.82, 2.24) is 4.90 Å². The zero-order valence-electron chi connectivity index (χ0n) is 15.7. The molecule has 4 nitrogen and oxygen atoms in total. The molecule has 5 heteroatoms. The predicted octanol–water partition coefficient (Wildman–Crippen LogP) is 2.95. The quantitative estimate of drug-likeness (QED) is 0.824. The van der Waals surface area contributed by atoms with Crippen molar-refractivity contribution in [3.05, 3.63) is 58.1 Å². The van der Waals surface area contributed by atoms with Gasteiger partial charge in [-0.05, 0) is 44.2 Å². The molecule has 0 saturated carbocycles. The van der Waals surface area contributed by atoms with Crippen molar-refractivity contribution < 1.29 is 4.48 Å². The molecular weight excluding hydrogens is 344 g/mol. The lowest BCUT2D eigenvalue weighted by Gasteiger charge is -2.46. The molecular formula is C21H26ClN4+. The van der Waals surface area contributed by atoms with Crippen LogP contribution in [0.1, 0.15) is 13.8 Å². The summed E-state index contributed by atoms with van der Waals surface area (Å²) in [7, 11) is 2.37. The highest BCUT2D eigenvalue weighted by Gasteiger charge is 2.32. The molecule has 0 spiro atoms. The highest BCUT2D eigenvalue weighted by atomic mass is 35.5. The predicted molar refractivity (Wildman–Crippen MR) is 108 cm³/mol. The zero-order valence-corrected chi connectivity index (χ0v) is 16.4. The molecule has 0 bridgehead atoms. The average Bonchev–Trinajstić information content (AvgIpc) is 2.79. The lowest BCUT2D eigenvalue weighted by Crippen LogP contribution is -2.60. The smallest absolute Gasteiger partial charge is 0.116 e. The van der Waals surface area contributed by atoms with Crippen molar-refractivity contribution in [3.63, 3.8) is 0 Å². The van der Waals surface area contributed by atoms with E-state index in [9.17, 15) is 0 Å². The van der Waals surface area contributed by atoms with Crippen molar-refractivity contribution in [2.24, 2.45) is 4.99 Å². The molecule has 0 atom stereocenters. The maximum absolute atomic E-state index is 6.24. The second-order valence-corrected chi connectivity index (χ2v) is 8.21. The van der Waals surface area contributed by atoms with Crippen LogP contribution in [0.25, 0.3) is 5.82 Å². The fourth-order valence-corrected chi connectivity index (χ4v) is 3.89. The number of anilines is 1. The van der Waals surface area contributed by atoms with Crippen LogP contribution < -0.4 is 15.9 Å². The Kier molecular flexibility index (Phi) is 4.41. The van der Waals surface area contributed by atoms with Crippen LogP contribution in [0.4, 0.5) is 11.4 Å². The minimum atomic E-state index is 0.645. The van der Waals surface area contributed by atoms with Crippen LogP contribution in [-0.2, 0) is 0 Å². The van der Waals surface area contributed by atoms with E-state index in [4.69, 9.17) is 16.6 Å². The first kappa shape index (κ1) is 17.4. The summed E-state index contributed by atoms with van der Waals surface area (Å²) in [5.74, 6) is 1.14. The van der Waals surface area contributed by atoms with E-state index in [0.717, 1.165) is 63.5 Å². The van der Waals surface area contributed by atoms with Gasteiger partial charge in [0.05, 0.1) is 56.0 Å². The molecule has 26 heavy (non-hydrogen) atoms. The Labute approximate surface area is 160 Å². The summed E-state index contributed by atoms with van der Waals surface area (Å²) in [5.41, 5.74) is 1.90. The summed E-state index contributed by atoms with van der Waals surface area (Å²) in [5, 5.41) is 6.52. The van der Waals surface area contributed by atoms with Gasteiger partial charge in [-0.15, -0.1) is 0 Å². The van der Waals surface area contributed by atoms with Crippen molar-refractivity contribution in [2.45, 2.75) is 19.9 Å². The van der Waals surface area contributed by atoms with E-state index >= 15 is 0 Å². The Morgan fingerprint density at radius 3 is 2.58 bits per heavy atom. The standard InChI is InChI=1S/C21H26ClN4/c1-15(2)26(3)12-10-25(11-13-26)21-17-6-4-5-7-18(17)23-19-9-8-16(22)14-20(19)24-21/h4-9,14-15,24H,10-13H2,1-3H3/q+1. The van der Waals surface area contributed by atoms with E-state index in [0.29, 0.717) is 6.04 Å². The Morgan fingerprint density at radius 2 is 1.85 bits per heavy atom. The minimum Gasteiger partial charge on any atom is -0.346 e. The SMILES string of the molecule is CC(C)[N+]1(C)CCN(C2=c3ccccc3=Nc3ccc(Cl)cc3N2)CC1. The van der Waals surface area contributed by atoms with Crippen LogP contribution in [0.5, 0.6) is 0 Å². The van der Waals surface area contributed by atoms with Crippen molar-refractivity contribution in [3.8, 4) is 0 Å². The fraction of sp³-hybridized carbons (Fsp3) is 0.381. The normalized spacial score (nSPS) is 18.5. The zero-order chi connectivity index (χ0) is 18.3. The van der Waals surface area contributed by atoms with Crippen LogP contribution >= 0.6 is 11.6 Å². The molecule has 0 radical (unpaired) electrons. The van der Waals surface area contributed by atoms with Crippen LogP contribution in [0.3, 0.4) is 0 Å².